The van der Waals surface area contributed by atoms with E-state index >= 15 is 0 Å². The van der Waals surface area contributed by atoms with Crippen LogP contribution in [0.5, 0.6) is 0 Å². The Kier molecular flexibility index (Phi) is 5.40. The molecule has 28 heavy (non-hydrogen) atoms. The van der Waals surface area contributed by atoms with E-state index < -0.39 is 23.5 Å². The van der Waals surface area contributed by atoms with Gasteiger partial charge >= 0.3 is 6.18 Å². The lowest BCUT2D eigenvalue weighted by Crippen LogP contribution is -2.15. The zero-order valence-corrected chi connectivity index (χ0v) is 15.2. The lowest BCUT2D eigenvalue weighted by atomic mass is 9.95. The summed E-state index contributed by atoms with van der Waals surface area (Å²) < 4.78 is 53.8. The van der Waals surface area contributed by atoms with Crippen LogP contribution >= 0.6 is 0 Å². The Morgan fingerprint density at radius 1 is 1.14 bits per heavy atom. The van der Waals surface area contributed by atoms with Gasteiger partial charge in [-0.05, 0) is 42.7 Å². The smallest absolute Gasteiger partial charge is 0.366 e. The molecule has 1 aromatic heterocycles. The molecule has 1 aliphatic carbocycles. The van der Waals surface area contributed by atoms with Crippen molar-refractivity contribution < 1.29 is 22.4 Å². The van der Waals surface area contributed by atoms with Gasteiger partial charge in [-0.15, -0.1) is 0 Å². The molecule has 0 unspecified atom stereocenters. The number of carbonyl (C=O) groups is 1. The van der Waals surface area contributed by atoms with Gasteiger partial charge in [0, 0.05) is 31.2 Å². The predicted molar refractivity (Wildman–Crippen MR) is 95.7 cm³/mol. The summed E-state index contributed by atoms with van der Waals surface area (Å²) in [7, 11) is 1.75. The van der Waals surface area contributed by atoms with Crippen molar-refractivity contribution >= 4 is 5.91 Å². The molecule has 0 bridgehead atoms. The van der Waals surface area contributed by atoms with Crippen LogP contribution in [0.3, 0.4) is 0 Å². The van der Waals surface area contributed by atoms with Crippen LogP contribution in [0.4, 0.5) is 17.6 Å². The number of halogens is 4. The first kappa shape index (κ1) is 19.9. The molecular weight excluding hydrogens is 374 g/mol. The summed E-state index contributed by atoms with van der Waals surface area (Å²) >= 11 is 0. The lowest BCUT2D eigenvalue weighted by molar-refractivity contribution is -0.137. The first-order valence-corrected chi connectivity index (χ1v) is 8.68. The van der Waals surface area contributed by atoms with E-state index in [4.69, 9.17) is 5.73 Å². The number of nitrogens with zero attached hydrogens (tertiary/aromatic N) is 2. The fourth-order valence-electron chi connectivity index (χ4n) is 3.21. The summed E-state index contributed by atoms with van der Waals surface area (Å²) in [6.07, 6.45) is 0.950. The molecule has 0 saturated heterocycles. The van der Waals surface area contributed by atoms with Crippen LogP contribution in [0.15, 0.2) is 47.6 Å². The summed E-state index contributed by atoms with van der Waals surface area (Å²) in [6.45, 7) is 0. The maximum Gasteiger partial charge on any atom is 0.416 e. The Balaban J connectivity index is 1.77. The van der Waals surface area contributed by atoms with Crippen molar-refractivity contribution in [2.45, 2.75) is 31.9 Å². The highest BCUT2D eigenvalue weighted by Crippen LogP contribution is 2.31. The van der Waals surface area contributed by atoms with Crippen molar-refractivity contribution in [3.63, 3.8) is 0 Å². The van der Waals surface area contributed by atoms with Crippen molar-refractivity contribution in [2.75, 3.05) is 0 Å². The molecule has 8 heteroatoms. The molecule has 4 nitrogen and oxygen atoms in total. The van der Waals surface area contributed by atoms with Gasteiger partial charge in [-0.25, -0.2) is 4.39 Å². The molecule has 0 spiro atoms. The molecule has 1 heterocycles. The normalized spacial score (nSPS) is 14.6. The predicted octanol–water partition coefficient (Wildman–Crippen LogP) is 3.84. The molecular formula is C20H19F4N3O. The van der Waals surface area contributed by atoms with Gasteiger partial charge in [0.25, 0.3) is 0 Å². The standard InChI is InChI=1S/C20H19F4N3O/c1-27-18(9-12-2-4-14(5-3-12)19(25)28)11-17(26-27)8-13-6-15(20(22,23)24)10-16(21)7-13/h2,4,6-7,10-11H,3,5,8-9H2,1H3,(H2,25,28). The number of carbonyl (C=O) groups excluding carboxylic acids is 1. The SMILES string of the molecule is Cn1nc(Cc2cc(F)cc(C(F)(F)F)c2)cc1CC1=CC=C(C(N)=O)CC1. The van der Waals surface area contributed by atoms with Crippen molar-refractivity contribution in [3.8, 4) is 0 Å². The molecule has 0 aliphatic heterocycles. The molecule has 2 N–H and O–H groups in total. The summed E-state index contributed by atoms with van der Waals surface area (Å²) in [4.78, 5) is 11.2. The van der Waals surface area contributed by atoms with Crippen LogP contribution < -0.4 is 5.73 Å². The fourth-order valence-corrected chi connectivity index (χ4v) is 3.21. The molecule has 1 aliphatic rings. The van der Waals surface area contributed by atoms with Crippen molar-refractivity contribution in [1.82, 2.24) is 9.78 Å². The van der Waals surface area contributed by atoms with E-state index in [0.29, 0.717) is 36.6 Å². The van der Waals surface area contributed by atoms with Crippen LogP contribution in [0.2, 0.25) is 0 Å². The summed E-state index contributed by atoms with van der Waals surface area (Å²) in [5.41, 5.74) is 7.59. The minimum atomic E-state index is -4.60. The second kappa shape index (κ2) is 7.61. The molecule has 1 amide bonds. The van der Waals surface area contributed by atoms with Gasteiger partial charge in [0.2, 0.25) is 5.91 Å². The van der Waals surface area contributed by atoms with Gasteiger partial charge in [0.1, 0.15) is 5.82 Å². The van der Waals surface area contributed by atoms with Gasteiger partial charge in [0.05, 0.1) is 11.3 Å². The fraction of sp³-hybridized carbons (Fsp3) is 0.300. The Morgan fingerprint density at radius 2 is 1.89 bits per heavy atom. The number of allylic oxidation sites excluding steroid dienone is 3. The minimum absolute atomic E-state index is 0.0967. The molecule has 3 rings (SSSR count). The number of aromatic nitrogens is 2. The first-order chi connectivity index (χ1) is 13.1. The van der Waals surface area contributed by atoms with Crippen LogP contribution in [-0.2, 0) is 30.9 Å². The van der Waals surface area contributed by atoms with Crippen LogP contribution in [0.1, 0.15) is 35.4 Å². The van der Waals surface area contributed by atoms with Crippen molar-refractivity contribution in [3.05, 3.63) is 75.9 Å². The lowest BCUT2D eigenvalue weighted by Gasteiger charge is -2.12. The zero-order chi connectivity index (χ0) is 20.5. The third kappa shape index (κ3) is 4.68. The Hall–Kier alpha value is -2.90. The van der Waals surface area contributed by atoms with E-state index in [-0.39, 0.29) is 12.0 Å². The molecule has 0 saturated carbocycles. The quantitative estimate of drug-likeness (QED) is 0.785. The second-order valence-electron chi connectivity index (χ2n) is 6.83. The van der Waals surface area contributed by atoms with E-state index in [2.05, 4.69) is 5.10 Å². The van der Waals surface area contributed by atoms with Gasteiger partial charge < -0.3 is 5.73 Å². The highest BCUT2D eigenvalue weighted by atomic mass is 19.4. The number of amides is 1. The summed E-state index contributed by atoms with van der Waals surface area (Å²) in [5, 5.41) is 4.33. The van der Waals surface area contributed by atoms with Crippen LogP contribution in [0.25, 0.3) is 0 Å². The molecule has 0 fully saturated rings. The molecule has 148 valence electrons. The number of rotatable bonds is 5. The van der Waals surface area contributed by atoms with Crippen molar-refractivity contribution in [2.24, 2.45) is 12.8 Å². The largest absolute Gasteiger partial charge is 0.416 e. The van der Waals surface area contributed by atoms with Gasteiger partial charge in [-0.3, -0.25) is 9.48 Å². The summed E-state index contributed by atoms with van der Waals surface area (Å²) in [5.74, 6) is -1.35. The highest BCUT2D eigenvalue weighted by molar-refractivity contribution is 5.92. The van der Waals surface area contributed by atoms with Crippen molar-refractivity contribution in [1.29, 1.82) is 0 Å². The number of alkyl halides is 3. The van der Waals surface area contributed by atoms with Crippen LogP contribution in [0, 0.1) is 5.82 Å². The van der Waals surface area contributed by atoms with E-state index in [1.165, 1.54) is 0 Å². The average Bonchev–Trinajstić information content (AvgIpc) is 2.93. The second-order valence-corrected chi connectivity index (χ2v) is 6.83. The van der Waals surface area contributed by atoms with Gasteiger partial charge in [-0.1, -0.05) is 17.7 Å². The topological polar surface area (TPSA) is 60.9 Å². The molecule has 0 radical (unpaired) electrons. The number of hydrogen-bond donors (Lipinski definition) is 1. The Bertz CT molecular complexity index is 970. The first-order valence-electron chi connectivity index (χ1n) is 8.68. The third-order valence-corrected chi connectivity index (χ3v) is 4.66. The van der Waals surface area contributed by atoms with E-state index in [0.717, 1.165) is 23.4 Å². The van der Waals surface area contributed by atoms with E-state index in [1.807, 2.05) is 6.08 Å². The number of aryl methyl sites for hydroxylation is 1. The maximum absolute atomic E-state index is 13.6. The maximum atomic E-state index is 13.6. The van der Waals surface area contributed by atoms with Gasteiger partial charge in [0.15, 0.2) is 0 Å². The molecule has 2 aromatic rings. The number of benzene rings is 1. The molecule has 0 atom stereocenters. The minimum Gasteiger partial charge on any atom is -0.366 e. The number of hydrogen-bond acceptors (Lipinski definition) is 2. The average molecular weight is 393 g/mol. The monoisotopic (exact) mass is 393 g/mol. The van der Waals surface area contributed by atoms with E-state index in [9.17, 15) is 22.4 Å². The Labute approximate surface area is 159 Å². The Morgan fingerprint density at radius 3 is 2.50 bits per heavy atom. The van der Waals surface area contributed by atoms with Crippen LogP contribution in [-0.4, -0.2) is 15.7 Å². The zero-order valence-electron chi connectivity index (χ0n) is 15.2. The van der Waals surface area contributed by atoms with Gasteiger partial charge in [-0.2, -0.15) is 18.3 Å². The highest BCUT2D eigenvalue weighted by Gasteiger charge is 2.31. The number of nitrogens with two attached hydrogens (primary N) is 1. The third-order valence-electron chi connectivity index (χ3n) is 4.66. The molecule has 1 aromatic carbocycles. The summed E-state index contributed by atoms with van der Waals surface area (Å²) in [6, 6.07) is 4.31. The number of primary amides is 1. The van der Waals surface area contributed by atoms with E-state index in [1.54, 1.807) is 23.9 Å².